The van der Waals surface area contributed by atoms with E-state index in [-0.39, 0.29) is 24.1 Å². The van der Waals surface area contributed by atoms with E-state index in [0.29, 0.717) is 27.4 Å². The van der Waals surface area contributed by atoms with Crippen molar-refractivity contribution in [1.82, 2.24) is 10.2 Å². The number of likely N-dealkylation sites (N-methyl/N-ethyl adjacent to an activating group) is 1. The van der Waals surface area contributed by atoms with Crippen LogP contribution in [0.2, 0.25) is 15.1 Å². The van der Waals surface area contributed by atoms with Crippen molar-refractivity contribution in [1.29, 1.82) is 0 Å². The largest absolute Gasteiger partial charge is 0.355 e. The van der Waals surface area contributed by atoms with Crippen LogP contribution in [0.4, 0.5) is 0 Å². The summed E-state index contributed by atoms with van der Waals surface area (Å²) in [6.07, 6.45) is 0. The highest BCUT2D eigenvalue weighted by Crippen LogP contribution is 2.25. The van der Waals surface area contributed by atoms with Gasteiger partial charge in [-0.05, 0) is 43.2 Å². The summed E-state index contributed by atoms with van der Waals surface area (Å²) in [4.78, 5) is 26.9. The van der Waals surface area contributed by atoms with Crippen LogP contribution in [0.3, 0.4) is 0 Å². The summed E-state index contributed by atoms with van der Waals surface area (Å²) < 4.78 is 0. The van der Waals surface area contributed by atoms with E-state index >= 15 is 0 Å². The van der Waals surface area contributed by atoms with Gasteiger partial charge in [0.1, 0.15) is 6.04 Å². The van der Waals surface area contributed by atoms with Crippen LogP contribution in [0.1, 0.15) is 25.0 Å². The van der Waals surface area contributed by atoms with Crippen LogP contribution in [0.25, 0.3) is 0 Å². The fourth-order valence-corrected chi connectivity index (χ4v) is 4.06. The van der Waals surface area contributed by atoms with Crippen LogP contribution in [0.5, 0.6) is 0 Å². The van der Waals surface area contributed by atoms with Crippen molar-refractivity contribution in [3.8, 4) is 0 Å². The van der Waals surface area contributed by atoms with Crippen molar-refractivity contribution < 1.29 is 9.59 Å². The molecule has 2 aromatic carbocycles. The molecule has 0 aliphatic rings. The highest BCUT2D eigenvalue weighted by molar-refractivity contribution is 7.99. The zero-order valence-electron chi connectivity index (χ0n) is 16.3. The molecule has 2 amide bonds. The third-order valence-electron chi connectivity index (χ3n) is 4.30. The van der Waals surface area contributed by atoms with Gasteiger partial charge in [0.2, 0.25) is 11.8 Å². The van der Waals surface area contributed by atoms with Crippen LogP contribution >= 0.6 is 46.6 Å². The van der Waals surface area contributed by atoms with Gasteiger partial charge in [-0.15, -0.1) is 11.8 Å². The average molecular weight is 474 g/mol. The second kappa shape index (κ2) is 11.7. The van der Waals surface area contributed by atoms with E-state index in [2.05, 4.69) is 5.32 Å². The van der Waals surface area contributed by atoms with Crippen molar-refractivity contribution in [2.24, 2.45) is 0 Å². The quantitative estimate of drug-likeness (QED) is 0.528. The number of rotatable bonds is 9. The number of nitrogens with one attached hydrogen (secondary N) is 1. The van der Waals surface area contributed by atoms with Gasteiger partial charge in [0.05, 0.1) is 15.8 Å². The lowest BCUT2D eigenvalue weighted by Crippen LogP contribution is -2.48. The third-order valence-corrected chi connectivity index (χ3v) is 6.39. The number of hydrogen-bond acceptors (Lipinski definition) is 3. The molecule has 156 valence electrons. The Hall–Kier alpha value is -1.40. The molecule has 1 atom stereocenters. The lowest BCUT2D eigenvalue weighted by atomic mass is 10.1. The molecule has 2 aromatic rings. The van der Waals surface area contributed by atoms with Gasteiger partial charge in [0.25, 0.3) is 0 Å². The second-order valence-electron chi connectivity index (χ2n) is 6.42. The fraction of sp³-hybridized carbons (Fsp3) is 0.333. The predicted octanol–water partition coefficient (Wildman–Crippen LogP) is 5.43. The first-order valence-electron chi connectivity index (χ1n) is 9.15. The zero-order chi connectivity index (χ0) is 21.4. The topological polar surface area (TPSA) is 49.4 Å². The van der Waals surface area contributed by atoms with E-state index in [1.807, 2.05) is 31.2 Å². The molecule has 4 nitrogen and oxygen atoms in total. The van der Waals surface area contributed by atoms with Gasteiger partial charge in [-0.3, -0.25) is 9.59 Å². The van der Waals surface area contributed by atoms with Gasteiger partial charge >= 0.3 is 0 Å². The number of nitrogens with zero attached hydrogens (tertiary/aromatic N) is 1. The van der Waals surface area contributed by atoms with Crippen LogP contribution in [0, 0.1) is 0 Å². The minimum absolute atomic E-state index is 0.131. The summed E-state index contributed by atoms with van der Waals surface area (Å²) >= 11 is 19.7. The van der Waals surface area contributed by atoms with Crippen molar-refractivity contribution in [3.63, 3.8) is 0 Å². The minimum Gasteiger partial charge on any atom is -0.355 e. The number of amides is 2. The first-order valence-corrected chi connectivity index (χ1v) is 11.4. The number of carbonyl (C=O) groups excluding carboxylic acids is 2. The van der Waals surface area contributed by atoms with Crippen molar-refractivity contribution in [2.45, 2.75) is 32.2 Å². The van der Waals surface area contributed by atoms with E-state index in [4.69, 9.17) is 34.8 Å². The number of hydrogen-bond donors (Lipinski definition) is 1. The molecule has 0 radical (unpaired) electrons. The van der Waals surface area contributed by atoms with Crippen LogP contribution < -0.4 is 5.32 Å². The molecule has 0 saturated heterocycles. The van der Waals surface area contributed by atoms with Crippen LogP contribution in [0.15, 0.2) is 42.5 Å². The third kappa shape index (κ3) is 7.10. The van der Waals surface area contributed by atoms with Gasteiger partial charge in [-0.25, -0.2) is 0 Å². The van der Waals surface area contributed by atoms with Crippen molar-refractivity contribution in [2.75, 3.05) is 12.3 Å². The SMILES string of the molecule is CCNC(=O)C(C)N(Cc1ccccc1Cl)C(=O)CSCc1ccc(Cl)c(Cl)c1. The molecule has 0 aromatic heterocycles. The number of thioether (sulfide) groups is 1. The monoisotopic (exact) mass is 472 g/mol. The summed E-state index contributed by atoms with van der Waals surface area (Å²) in [6.45, 7) is 4.34. The Balaban J connectivity index is 2.07. The van der Waals surface area contributed by atoms with Gasteiger partial charge in [-0.2, -0.15) is 0 Å². The Bertz CT molecular complexity index is 864. The molecule has 0 saturated carbocycles. The van der Waals surface area contributed by atoms with Crippen molar-refractivity contribution in [3.05, 3.63) is 68.7 Å². The van der Waals surface area contributed by atoms with E-state index in [9.17, 15) is 9.59 Å². The molecule has 0 fully saturated rings. The standard InChI is InChI=1S/C21H23Cl3N2O2S/c1-3-25-21(28)14(2)26(11-16-6-4-5-7-17(16)22)20(27)13-29-12-15-8-9-18(23)19(24)10-15/h4-10,14H,3,11-13H2,1-2H3,(H,25,28). The normalized spacial score (nSPS) is 11.8. The molecule has 0 bridgehead atoms. The zero-order valence-corrected chi connectivity index (χ0v) is 19.3. The second-order valence-corrected chi connectivity index (χ2v) is 8.63. The summed E-state index contributed by atoms with van der Waals surface area (Å²) in [5, 5.41) is 4.33. The van der Waals surface area contributed by atoms with Gasteiger partial charge in [0, 0.05) is 23.9 Å². The van der Waals surface area contributed by atoms with E-state index in [1.165, 1.54) is 11.8 Å². The molecule has 1 N–H and O–H groups in total. The molecule has 0 aliphatic carbocycles. The molecule has 1 unspecified atom stereocenters. The fourth-order valence-electron chi connectivity index (χ4n) is 2.68. The minimum atomic E-state index is -0.607. The van der Waals surface area contributed by atoms with Gasteiger partial charge in [-0.1, -0.05) is 59.1 Å². The van der Waals surface area contributed by atoms with E-state index in [1.54, 1.807) is 30.0 Å². The lowest BCUT2D eigenvalue weighted by Gasteiger charge is -2.29. The molecular weight excluding hydrogens is 451 g/mol. The van der Waals surface area contributed by atoms with Crippen molar-refractivity contribution >= 4 is 58.4 Å². The Labute approximate surface area is 190 Å². The Morgan fingerprint density at radius 2 is 1.79 bits per heavy atom. The molecular formula is C21H23Cl3N2O2S. The predicted molar refractivity (Wildman–Crippen MR) is 123 cm³/mol. The Morgan fingerprint density at radius 1 is 1.07 bits per heavy atom. The number of benzene rings is 2. The molecule has 29 heavy (non-hydrogen) atoms. The first-order chi connectivity index (χ1) is 13.8. The lowest BCUT2D eigenvalue weighted by molar-refractivity contribution is -0.138. The summed E-state index contributed by atoms with van der Waals surface area (Å²) in [7, 11) is 0. The summed E-state index contributed by atoms with van der Waals surface area (Å²) in [5.41, 5.74) is 1.78. The van der Waals surface area contributed by atoms with E-state index < -0.39 is 6.04 Å². The number of carbonyl (C=O) groups is 2. The van der Waals surface area contributed by atoms with Gasteiger partial charge in [0.15, 0.2) is 0 Å². The molecule has 8 heteroatoms. The molecule has 2 rings (SSSR count). The molecule has 0 aliphatic heterocycles. The summed E-state index contributed by atoms with van der Waals surface area (Å²) in [5.74, 6) is 0.517. The Kier molecular flexibility index (Phi) is 9.63. The average Bonchev–Trinajstić information content (AvgIpc) is 2.69. The number of halogens is 3. The van der Waals surface area contributed by atoms with Gasteiger partial charge < -0.3 is 10.2 Å². The Morgan fingerprint density at radius 3 is 2.45 bits per heavy atom. The maximum absolute atomic E-state index is 13.0. The maximum atomic E-state index is 13.0. The molecule has 0 heterocycles. The highest BCUT2D eigenvalue weighted by atomic mass is 35.5. The highest BCUT2D eigenvalue weighted by Gasteiger charge is 2.26. The first kappa shape index (κ1) is 23.9. The smallest absolute Gasteiger partial charge is 0.242 e. The van der Waals surface area contributed by atoms with E-state index in [0.717, 1.165) is 11.1 Å². The maximum Gasteiger partial charge on any atom is 0.242 e. The molecule has 0 spiro atoms. The van der Waals surface area contributed by atoms with Crippen LogP contribution in [-0.4, -0.2) is 35.1 Å². The van der Waals surface area contributed by atoms with Crippen LogP contribution in [-0.2, 0) is 21.9 Å². The summed E-state index contributed by atoms with van der Waals surface area (Å²) in [6, 6.07) is 12.1.